The van der Waals surface area contributed by atoms with Gasteiger partial charge in [-0.25, -0.2) is 0 Å². The highest BCUT2D eigenvalue weighted by Crippen LogP contribution is 2.35. The first-order valence-electron chi connectivity index (χ1n) is 14.9. The predicted octanol–water partition coefficient (Wildman–Crippen LogP) is 3.97. The summed E-state index contributed by atoms with van der Waals surface area (Å²) >= 11 is 0. The topological polar surface area (TPSA) is 73.5 Å². The van der Waals surface area contributed by atoms with Gasteiger partial charge in [-0.05, 0) is 75.1 Å². The van der Waals surface area contributed by atoms with Crippen molar-refractivity contribution < 1.29 is 23.7 Å². The first kappa shape index (κ1) is 30.8. The number of methoxy groups -OCH3 is 1. The second-order valence-corrected chi connectivity index (χ2v) is 10.9. The lowest BCUT2D eigenvalue weighted by atomic mass is 9.79. The van der Waals surface area contributed by atoms with Gasteiger partial charge >= 0.3 is 0 Å². The first-order chi connectivity index (χ1) is 19.6. The fourth-order valence-electron chi connectivity index (χ4n) is 5.83. The zero-order valence-corrected chi connectivity index (χ0v) is 24.8. The largest absolute Gasteiger partial charge is 0.490 e. The van der Waals surface area contributed by atoms with E-state index in [2.05, 4.69) is 58.0 Å². The second-order valence-electron chi connectivity index (χ2n) is 10.9. The van der Waals surface area contributed by atoms with Crippen molar-refractivity contribution in [2.75, 3.05) is 78.2 Å². The van der Waals surface area contributed by atoms with Gasteiger partial charge in [0.15, 0.2) is 0 Å². The number of hydrogen-bond acceptors (Lipinski definition) is 8. The average molecular weight is 556 g/mol. The molecule has 0 radical (unpaired) electrons. The molecule has 0 aliphatic carbocycles. The predicted molar refractivity (Wildman–Crippen MR) is 159 cm³/mol. The van der Waals surface area contributed by atoms with Crippen LogP contribution in [0.4, 0.5) is 5.69 Å². The Kier molecular flexibility index (Phi) is 12.5. The Morgan fingerprint density at radius 1 is 1.10 bits per heavy atom. The van der Waals surface area contributed by atoms with Crippen molar-refractivity contribution in [3.8, 4) is 5.75 Å². The molecule has 0 saturated carbocycles. The molecule has 8 heteroatoms. The summed E-state index contributed by atoms with van der Waals surface area (Å²) in [5, 5.41) is 7.01. The van der Waals surface area contributed by atoms with Crippen LogP contribution in [0, 0.1) is 5.92 Å². The molecule has 0 aromatic heterocycles. The van der Waals surface area contributed by atoms with Gasteiger partial charge in [0.1, 0.15) is 12.4 Å². The molecule has 1 saturated heterocycles. The van der Waals surface area contributed by atoms with Crippen LogP contribution in [0.5, 0.6) is 5.75 Å². The first-order valence-corrected chi connectivity index (χ1v) is 14.9. The van der Waals surface area contributed by atoms with Crippen LogP contribution < -0.4 is 20.3 Å². The maximum Gasteiger partial charge on any atom is 0.142 e. The highest BCUT2D eigenvalue weighted by atomic mass is 16.5. The summed E-state index contributed by atoms with van der Waals surface area (Å²) in [6.07, 6.45) is 1.18. The van der Waals surface area contributed by atoms with E-state index in [0.29, 0.717) is 38.3 Å². The maximum atomic E-state index is 6.67. The van der Waals surface area contributed by atoms with Crippen LogP contribution in [0.15, 0.2) is 42.5 Å². The van der Waals surface area contributed by atoms with Gasteiger partial charge < -0.3 is 39.2 Å². The zero-order chi connectivity index (χ0) is 28.2. The normalized spacial score (nSPS) is 21.6. The van der Waals surface area contributed by atoms with E-state index >= 15 is 0 Å². The molecule has 0 spiro atoms. The molecule has 2 aromatic rings. The third-order valence-corrected chi connectivity index (χ3v) is 7.79. The molecule has 0 bridgehead atoms. The lowest BCUT2D eigenvalue weighted by Gasteiger charge is -2.39. The molecule has 4 rings (SSSR count). The van der Waals surface area contributed by atoms with E-state index in [1.807, 2.05) is 20.9 Å². The number of nitrogens with one attached hydrogen (secondary N) is 2. The standard InChI is InChI=1S/C32H49N3O5/c1-5-38-24(2)21-37-22-25-7-10-27(11-8-25)32-28(18-33-3)19-34-20-31(32)40-23-26-9-12-30-29(17-26)35(14-16-39-30)13-6-15-36-4/h7-12,17,24,28,31-34H,5-6,13-16,18-23H2,1-4H3/t24?,28-,31+,32+/m1/s1. The molecule has 40 heavy (non-hydrogen) atoms. The zero-order valence-electron chi connectivity index (χ0n) is 24.8. The Morgan fingerprint density at radius 2 is 1.93 bits per heavy atom. The Bertz CT molecular complexity index is 1000. The molecule has 4 atom stereocenters. The van der Waals surface area contributed by atoms with Crippen LogP contribution in [0.2, 0.25) is 0 Å². The van der Waals surface area contributed by atoms with E-state index in [1.54, 1.807) is 7.11 Å². The molecule has 1 unspecified atom stereocenters. The van der Waals surface area contributed by atoms with Crippen LogP contribution in [-0.4, -0.2) is 85.5 Å². The number of nitrogens with zero attached hydrogens (tertiary/aromatic N) is 1. The fourth-order valence-corrected chi connectivity index (χ4v) is 5.83. The van der Waals surface area contributed by atoms with Gasteiger partial charge in [-0.15, -0.1) is 0 Å². The number of piperidine rings is 1. The van der Waals surface area contributed by atoms with E-state index < -0.39 is 0 Å². The summed E-state index contributed by atoms with van der Waals surface area (Å²) in [4.78, 5) is 2.40. The van der Waals surface area contributed by atoms with Crippen molar-refractivity contribution >= 4 is 5.69 Å². The molecule has 8 nitrogen and oxygen atoms in total. The number of benzene rings is 2. The molecule has 1 fully saturated rings. The minimum Gasteiger partial charge on any atom is -0.490 e. The van der Waals surface area contributed by atoms with E-state index in [0.717, 1.165) is 63.8 Å². The number of rotatable bonds is 16. The van der Waals surface area contributed by atoms with Crippen molar-refractivity contribution in [2.24, 2.45) is 5.92 Å². The third kappa shape index (κ3) is 8.65. The number of ether oxygens (including phenoxy) is 5. The van der Waals surface area contributed by atoms with Crippen molar-refractivity contribution in [1.82, 2.24) is 10.6 Å². The molecule has 2 heterocycles. The second kappa shape index (κ2) is 16.3. The molecule has 2 aliphatic heterocycles. The number of anilines is 1. The van der Waals surface area contributed by atoms with Gasteiger partial charge in [0, 0.05) is 39.3 Å². The van der Waals surface area contributed by atoms with Crippen LogP contribution in [-0.2, 0) is 32.2 Å². The lowest BCUT2D eigenvalue weighted by molar-refractivity contribution is -0.00745. The van der Waals surface area contributed by atoms with Gasteiger partial charge in [0.25, 0.3) is 0 Å². The van der Waals surface area contributed by atoms with Crippen LogP contribution in [0.1, 0.15) is 42.9 Å². The SMILES string of the molecule is CCOC(C)COCc1ccc([C@H]2[C@H](CNC)CNC[C@@H]2OCc2ccc3c(c2)N(CCCOC)CCO3)cc1. The van der Waals surface area contributed by atoms with Gasteiger partial charge in [-0.3, -0.25) is 0 Å². The summed E-state index contributed by atoms with van der Waals surface area (Å²) in [6.45, 7) is 12.6. The summed E-state index contributed by atoms with van der Waals surface area (Å²) in [5.74, 6) is 1.69. The van der Waals surface area contributed by atoms with Crippen molar-refractivity contribution in [3.05, 3.63) is 59.2 Å². The van der Waals surface area contributed by atoms with Crippen LogP contribution in [0.3, 0.4) is 0 Å². The molecular weight excluding hydrogens is 506 g/mol. The minimum atomic E-state index is 0.0753. The summed E-state index contributed by atoms with van der Waals surface area (Å²) in [5.41, 5.74) is 4.82. The molecular formula is C32H49N3O5. The van der Waals surface area contributed by atoms with Gasteiger partial charge in [0.05, 0.1) is 44.3 Å². The summed E-state index contributed by atoms with van der Waals surface area (Å²) in [7, 11) is 3.78. The van der Waals surface area contributed by atoms with E-state index in [1.165, 1.54) is 16.7 Å². The highest BCUT2D eigenvalue weighted by Gasteiger charge is 2.35. The van der Waals surface area contributed by atoms with E-state index in [-0.39, 0.29) is 12.2 Å². The average Bonchev–Trinajstić information content (AvgIpc) is 2.97. The molecule has 0 amide bonds. The van der Waals surface area contributed by atoms with E-state index in [4.69, 9.17) is 23.7 Å². The maximum absolute atomic E-state index is 6.67. The van der Waals surface area contributed by atoms with Gasteiger partial charge in [0.2, 0.25) is 0 Å². The Morgan fingerprint density at radius 3 is 2.70 bits per heavy atom. The Balaban J connectivity index is 1.41. The number of hydrogen-bond donors (Lipinski definition) is 2. The van der Waals surface area contributed by atoms with Crippen molar-refractivity contribution in [2.45, 2.75) is 51.6 Å². The van der Waals surface area contributed by atoms with E-state index in [9.17, 15) is 0 Å². The Labute approximate surface area is 240 Å². The van der Waals surface area contributed by atoms with Gasteiger partial charge in [-0.2, -0.15) is 0 Å². The molecule has 222 valence electrons. The third-order valence-electron chi connectivity index (χ3n) is 7.79. The Hall–Kier alpha value is -2.20. The molecule has 2 aromatic carbocycles. The molecule has 2 aliphatic rings. The summed E-state index contributed by atoms with van der Waals surface area (Å²) < 4.78 is 29.3. The van der Waals surface area contributed by atoms with Gasteiger partial charge in [-0.1, -0.05) is 30.3 Å². The minimum absolute atomic E-state index is 0.0753. The fraction of sp³-hybridized carbons (Fsp3) is 0.625. The lowest BCUT2D eigenvalue weighted by Crippen LogP contribution is -2.49. The molecule has 2 N–H and O–H groups in total. The summed E-state index contributed by atoms with van der Waals surface area (Å²) in [6, 6.07) is 15.4. The highest BCUT2D eigenvalue weighted by molar-refractivity contribution is 5.61. The van der Waals surface area contributed by atoms with Crippen molar-refractivity contribution in [1.29, 1.82) is 0 Å². The monoisotopic (exact) mass is 555 g/mol. The van der Waals surface area contributed by atoms with Crippen LogP contribution >= 0.6 is 0 Å². The quantitative estimate of drug-likeness (QED) is 0.302. The van der Waals surface area contributed by atoms with Crippen LogP contribution in [0.25, 0.3) is 0 Å². The van der Waals surface area contributed by atoms with Crippen molar-refractivity contribution in [3.63, 3.8) is 0 Å². The smallest absolute Gasteiger partial charge is 0.142 e. The number of fused-ring (bicyclic) bond motifs is 1.